The van der Waals surface area contributed by atoms with Gasteiger partial charge in [0.2, 0.25) is 5.95 Å². The average molecular weight is 524 g/mol. The number of halogens is 4. The van der Waals surface area contributed by atoms with Crippen LogP contribution in [0.4, 0.5) is 23.5 Å². The number of aromatic nitrogens is 2. The van der Waals surface area contributed by atoms with E-state index in [0.717, 1.165) is 10.5 Å². The summed E-state index contributed by atoms with van der Waals surface area (Å²) in [4.78, 5) is 35.0. The highest BCUT2D eigenvalue weighted by atomic mass is 19.4. The Kier molecular flexibility index (Phi) is 8.25. The third-order valence-electron chi connectivity index (χ3n) is 6.90. The van der Waals surface area contributed by atoms with Gasteiger partial charge in [0.1, 0.15) is 5.82 Å². The predicted octanol–water partition coefficient (Wildman–Crippen LogP) is 3.47. The van der Waals surface area contributed by atoms with E-state index < -0.39 is 29.9 Å². The molecule has 200 valence electrons. The van der Waals surface area contributed by atoms with Gasteiger partial charge in [-0.15, -0.1) is 0 Å². The number of amides is 1. The molecule has 4 rings (SSSR count). The van der Waals surface area contributed by atoms with Crippen LogP contribution in [0.2, 0.25) is 0 Å². The summed E-state index contributed by atoms with van der Waals surface area (Å²) in [5, 5.41) is 3.08. The molecule has 1 saturated heterocycles. The van der Waals surface area contributed by atoms with Gasteiger partial charge in [-0.1, -0.05) is 12.1 Å². The number of anilines is 1. The maximum absolute atomic E-state index is 13.4. The van der Waals surface area contributed by atoms with E-state index in [4.69, 9.17) is 0 Å². The number of hydrogen-bond donors (Lipinski definition) is 1. The van der Waals surface area contributed by atoms with E-state index in [-0.39, 0.29) is 23.9 Å². The second kappa shape index (κ2) is 11.4. The minimum Gasteiger partial charge on any atom is -0.465 e. The third kappa shape index (κ3) is 6.94. The molecule has 1 amide bonds. The molecule has 0 spiro atoms. The van der Waals surface area contributed by atoms with Crippen LogP contribution in [-0.2, 0) is 9.53 Å². The number of benzene rings is 1. The van der Waals surface area contributed by atoms with Crippen molar-refractivity contribution in [2.75, 3.05) is 45.2 Å². The summed E-state index contributed by atoms with van der Waals surface area (Å²) < 4.78 is 57.9. The lowest BCUT2D eigenvalue weighted by molar-refractivity contribution is -0.187. The molecule has 1 saturated carbocycles. The molecule has 1 N–H and O–H groups in total. The topological polar surface area (TPSA) is 87.7 Å². The molecule has 2 aromatic rings. The molecule has 1 aromatic carbocycles. The van der Waals surface area contributed by atoms with Crippen LogP contribution in [0.5, 0.6) is 0 Å². The summed E-state index contributed by atoms with van der Waals surface area (Å²) in [5.41, 5.74) is 1.00. The number of rotatable bonds is 9. The van der Waals surface area contributed by atoms with Crippen molar-refractivity contribution >= 4 is 17.8 Å². The first-order chi connectivity index (χ1) is 17.7. The molecule has 1 aromatic heterocycles. The molecule has 0 bridgehead atoms. The number of carbonyl (C=O) groups is 2. The Morgan fingerprint density at radius 1 is 1.14 bits per heavy atom. The molecule has 37 heavy (non-hydrogen) atoms. The standard InChI is InChI=1S/C25H29F4N5O3/c1-37-22(35)18-13-31-24(32-14-18)30-8-11-33-9-6-16(7-10-33)15-34(23(36)25(27,28)29)21-12-20(21)17-2-4-19(26)5-3-17/h2-5,13-14,16,20-21H,6-12,15H2,1H3,(H,30,31,32). The summed E-state index contributed by atoms with van der Waals surface area (Å²) in [6, 6.07) is 5.19. The second-order valence-corrected chi connectivity index (χ2v) is 9.42. The van der Waals surface area contributed by atoms with Crippen molar-refractivity contribution in [1.82, 2.24) is 19.8 Å². The molecule has 2 atom stereocenters. The molecule has 8 nitrogen and oxygen atoms in total. The van der Waals surface area contributed by atoms with Crippen molar-refractivity contribution in [2.45, 2.75) is 37.4 Å². The van der Waals surface area contributed by atoms with Gasteiger partial charge in [0, 0.05) is 44.0 Å². The molecular formula is C25H29F4N5O3. The van der Waals surface area contributed by atoms with Crippen LogP contribution >= 0.6 is 0 Å². The zero-order valence-electron chi connectivity index (χ0n) is 20.4. The molecule has 1 aliphatic heterocycles. The van der Waals surface area contributed by atoms with Gasteiger partial charge >= 0.3 is 18.1 Å². The number of ether oxygens (including phenoxy) is 1. The fourth-order valence-electron chi connectivity index (χ4n) is 4.77. The highest BCUT2D eigenvalue weighted by Gasteiger charge is 2.52. The number of hydrogen-bond acceptors (Lipinski definition) is 7. The van der Waals surface area contributed by atoms with E-state index in [1.807, 2.05) is 0 Å². The Bertz CT molecular complexity index is 1070. The van der Waals surface area contributed by atoms with E-state index in [9.17, 15) is 27.2 Å². The first-order valence-electron chi connectivity index (χ1n) is 12.2. The Hall–Kier alpha value is -3.28. The lowest BCUT2D eigenvalue weighted by Gasteiger charge is -2.35. The number of alkyl halides is 3. The smallest absolute Gasteiger partial charge is 0.465 e. The lowest BCUT2D eigenvalue weighted by Crippen LogP contribution is -2.47. The number of likely N-dealkylation sites (tertiary alicyclic amines) is 1. The summed E-state index contributed by atoms with van der Waals surface area (Å²) in [6.45, 7) is 2.72. The summed E-state index contributed by atoms with van der Waals surface area (Å²) in [5.74, 6) is -2.58. The van der Waals surface area contributed by atoms with Crippen LogP contribution < -0.4 is 5.32 Å². The largest absolute Gasteiger partial charge is 0.471 e. The molecule has 2 aliphatic rings. The SMILES string of the molecule is COC(=O)c1cnc(NCCN2CCC(CN(C(=O)C(F)(F)F)C3CC3c3ccc(F)cc3)CC2)nc1. The predicted molar refractivity (Wildman–Crippen MR) is 126 cm³/mol. The quantitative estimate of drug-likeness (QED) is 0.398. The van der Waals surface area contributed by atoms with Gasteiger partial charge in [-0.25, -0.2) is 19.2 Å². The van der Waals surface area contributed by atoms with E-state index >= 15 is 0 Å². The molecule has 1 aliphatic carbocycles. The lowest BCUT2D eigenvalue weighted by atomic mass is 9.95. The number of piperidine rings is 1. The number of nitrogens with zero attached hydrogens (tertiary/aromatic N) is 4. The van der Waals surface area contributed by atoms with Gasteiger partial charge in [0.15, 0.2) is 0 Å². The Morgan fingerprint density at radius 3 is 2.38 bits per heavy atom. The Morgan fingerprint density at radius 2 is 1.78 bits per heavy atom. The van der Waals surface area contributed by atoms with Crippen LogP contribution in [0.25, 0.3) is 0 Å². The van der Waals surface area contributed by atoms with Crippen molar-refractivity contribution in [1.29, 1.82) is 0 Å². The molecule has 0 radical (unpaired) electrons. The second-order valence-electron chi connectivity index (χ2n) is 9.42. The van der Waals surface area contributed by atoms with Gasteiger partial charge < -0.3 is 19.9 Å². The van der Waals surface area contributed by atoms with Crippen LogP contribution in [0.3, 0.4) is 0 Å². The number of methoxy groups -OCH3 is 1. The minimum absolute atomic E-state index is 0.0285. The zero-order chi connectivity index (χ0) is 26.6. The van der Waals surface area contributed by atoms with Crippen molar-refractivity contribution in [3.63, 3.8) is 0 Å². The van der Waals surface area contributed by atoms with Crippen molar-refractivity contribution in [2.24, 2.45) is 5.92 Å². The monoisotopic (exact) mass is 523 g/mol. The number of esters is 1. The maximum atomic E-state index is 13.4. The minimum atomic E-state index is -4.93. The number of carbonyl (C=O) groups excluding carboxylic acids is 2. The van der Waals surface area contributed by atoms with Gasteiger partial charge in [-0.3, -0.25) is 4.79 Å². The highest BCUT2D eigenvalue weighted by Crippen LogP contribution is 2.46. The van der Waals surface area contributed by atoms with Crippen LogP contribution in [0.15, 0.2) is 36.7 Å². The Balaban J connectivity index is 1.25. The first-order valence-corrected chi connectivity index (χ1v) is 12.2. The van der Waals surface area contributed by atoms with E-state index in [0.29, 0.717) is 51.4 Å². The third-order valence-corrected chi connectivity index (χ3v) is 6.90. The van der Waals surface area contributed by atoms with Crippen molar-refractivity contribution in [3.05, 3.63) is 53.6 Å². The van der Waals surface area contributed by atoms with E-state index in [1.54, 1.807) is 12.1 Å². The van der Waals surface area contributed by atoms with Gasteiger partial charge in [0.05, 0.1) is 12.7 Å². The molecule has 2 fully saturated rings. The average Bonchev–Trinajstić information content (AvgIpc) is 3.68. The summed E-state index contributed by atoms with van der Waals surface area (Å²) in [6.07, 6.45) is -0.373. The van der Waals surface area contributed by atoms with E-state index in [2.05, 4.69) is 24.9 Å². The molecular weight excluding hydrogens is 494 g/mol. The van der Waals surface area contributed by atoms with Gasteiger partial charge in [-0.2, -0.15) is 13.2 Å². The number of nitrogens with one attached hydrogen (secondary N) is 1. The molecule has 2 unspecified atom stereocenters. The Labute approximate surface area is 212 Å². The van der Waals surface area contributed by atoms with Crippen LogP contribution in [0.1, 0.15) is 41.1 Å². The maximum Gasteiger partial charge on any atom is 0.471 e. The van der Waals surface area contributed by atoms with Crippen LogP contribution in [0, 0.1) is 11.7 Å². The highest BCUT2D eigenvalue weighted by molar-refractivity contribution is 5.88. The summed E-state index contributed by atoms with van der Waals surface area (Å²) >= 11 is 0. The van der Waals surface area contributed by atoms with Crippen LogP contribution in [-0.4, -0.2) is 83.7 Å². The molecule has 2 heterocycles. The zero-order valence-corrected chi connectivity index (χ0v) is 20.4. The van der Waals surface area contributed by atoms with Gasteiger partial charge in [-0.05, 0) is 56.0 Å². The molecule has 12 heteroatoms. The fraction of sp³-hybridized carbons (Fsp3) is 0.520. The van der Waals surface area contributed by atoms with Gasteiger partial charge in [0.25, 0.3) is 0 Å². The van der Waals surface area contributed by atoms with E-state index in [1.165, 1.54) is 31.6 Å². The van der Waals surface area contributed by atoms with Crippen molar-refractivity contribution < 1.29 is 31.9 Å². The normalized spacial score (nSPS) is 20.4. The summed E-state index contributed by atoms with van der Waals surface area (Å²) in [7, 11) is 1.28. The first kappa shape index (κ1) is 26.8. The fourth-order valence-corrected chi connectivity index (χ4v) is 4.77. The van der Waals surface area contributed by atoms with Crippen molar-refractivity contribution in [3.8, 4) is 0 Å².